The molecule has 0 bridgehead atoms. The molecule has 1 aliphatic rings. The minimum Gasteiger partial charge on any atom is -0.144 e. The van der Waals surface area contributed by atoms with E-state index in [1.807, 2.05) is 0 Å². The van der Waals surface area contributed by atoms with Crippen LogP contribution in [0.3, 0.4) is 0 Å². The van der Waals surface area contributed by atoms with Gasteiger partial charge in [0.2, 0.25) is 0 Å². The Morgan fingerprint density at radius 3 is 2.00 bits per heavy atom. The van der Waals surface area contributed by atoms with Crippen molar-refractivity contribution in [3.8, 4) is 0 Å². The van der Waals surface area contributed by atoms with Gasteiger partial charge in [0, 0.05) is 0 Å². The lowest BCUT2D eigenvalue weighted by molar-refractivity contribution is 0.745. The second-order valence-corrected chi connectivity index (χ2v) is 6.67. The average Bonchev–Trinajstić information content (AvgIpc) is 1.78. The third kappa shape index (κ3) is 2.42. The third-order valence-corrected chi connectivity index (χ3v) is 5.00. The first-order valence-electron chi connectivity index (χ1n) is 3.38. The van der Waals surface area contributed by atoms with E-state index in [0.717, 1.165) is 5.92 Å². The summed E-state index contributed by atoms with van der Waals surface area (Å²) in [5.41, 5.74) is 0. The Morgan fingerprint density at radius 1 is 1.22 bits per heavy atom. The van der Waals surface area contributed by atoms with Gasteiger partial charge in [0.15, 0.2) is 0 Å². The smallest absolute Gasteiger partial charge is 0.0555 e. The molecule has 0 aromatic heterocycles. The van der Waals surface area contributed by atoms with Crippen LogP contribution in [0.25, 0.3) is 0 Å². The van der Waals surface area contributed by atoms with Gasteiger partial charge in [0.25, 0.3) is 0 Å². The lowest BCUT2D eigenvalue weighted by Gasteiger charge is -2.31. The molecule has 0 saturated carbocycles. The summed E-state index contributed by atoms with van der Waals surface area (Å²) in [5.74, 6) is 3.62. The van der Waals surface area contributed by atoms with Crippen LogP contribution in [0.15, 0.2) is 0 Å². The largest absolute Gasteiger partial charge is 0.144 e. The molecule has 0 N–H and O–H groups in total. The highest BCUT2D eigenvalue weighted by atomic mass is 32.2. The van der Waals surface area contributed by atoms with E-state index in [2.05, 4.69) is 44.3 Å². The van der Waals surface area contributed by atoms with Gasteiger partial charge in [-0.3, -0.25) is 0 Å². The van der Waals surface area contributed by atoms with Gasteiger partial charge in [-0.1, -0.05) is 6.92 Å². The Labute approximate surface area is 66.2 Å². The number of rotatable bonds is 0. The van der Waals surface area contributed by atoms with Crippen molar-refractivity contribution in [2.45, 2.75) is 24.9 Å². The lowest BCUT2D eigenvalue weighted by Crippen LogP contribution is -2.21. The maximum absolute atomic E-state index is 2.33. The highest BCUT2D eigenvalue weighted by molar-refractivity contribution is 8.18. The van der Waals surface area contributed by atoms with E-state index >= 15 is 0 Å². The normalized spacial score (nSPS) is 28.3. The monoisotopic (exact) mass is 162 g/mol. The SMILES string of the molecule is CC1CSC(C)(C)SC1. The zero-order valence-electron chi connectivity index (χ0n) is 6.31. The van der Waals surface area contributed by atoms with Crippen molar-refractivity contribution in [3.63, 3.8) is 0 Å². The standard InChI is InChI=1S/C7H14S2/c1-6-4-8-7(2,3)9-5-6/h6H,4-5H2,1-3H3. The Balaban J connectivity index is 2.35. The van der Waals surface area contributed by atoms with Crippen molar-refractivity contribution in [3.05, 3.63) is 0 Å². The van der Waals surface area contributed by atoms with E-state index in [4.69, 9.17) is 0 Å². The fourth-order valence-electron chi connectivity index (χ4n) is 0.776. The van der Waals surface area contributed by atoms with Gasteiger partial charge in [-0.05, 0) is 31.3 Å². The molecule has 0 nitrogen and oxygen atoms in total. The van der Waals surface area contributed by atoms with Crippen molar-refractivity contribution in [2.24, 2.45) is 5.92 Å². The Hall–Kier alpha value is 0.700. The second kappa shape index (κ2) is 2.75. The molecule has 0 amide bonds. The van der Waals surface area contributed by atoms with Crippen molar-refractivity contribution >= 4 is 23.5 Å². The van der Waals surface area contributed by atoms with E-state index in [-0.39, 0.29) is 0 Å². The summed E-state index contributed by atoms with van der Waals surface area (Å²) in [5, 5.41) is 0. The van der Waals surface area contributed by atoms with Crippen molar-refractivity contribution in [1.29, 1.82) is 0 Å². The molecular weight excluding hydrogens is 148 g/mol. The summed E-state index contributed by atoms with van der Waals surface area (Å²) in [4.78, 5) is 0. The Kier molecular flexibility index (Phi) is 2.38. The van der Waals surface area contributed by atoms with Crippen LogP contribution in [0.1, 0.15) is 20.8 Å². The number of thioether (sulfide) groups is 2. The van der Waals surface area contributed by atoms with Gasteiger partial charge in [0.1, 0.15) is 0 Å². The molecule has 2 heteroatoms. The van der Waals surface area contributed by atoms with E-state index in [9.17, 15) is 0 Å². The number of hydrogen-bond donors (Lipinski definition) is 0. The highest BCUT2D eigenvalue weighted by Crippen LogP contribution is 2.42. The van der Waals surface area contributed by atoms with Crippen LogP contribution >= 0.6 is 23.5 Å². The maximum atomic E-state index is 2.33. The van der Waals surface area contributed by atoms with Gasteiger partial charge >= 0.3 is 0 Å². The molecule has 0 radical (unpaired) electrons. The molecule has 9 heavy (non-hydrogen) atoms. The summed E-state index contributed by atoms with van der Waals surface area (Å²) in [6.07, 6.45) is 0. The van der Waals surface area contributed by atoms with Crippen LogP contribution < -0.4 is 0 Å². The topological polar surface area (TPSA) is 0 Å². The second-order valence-electron chi connectivity index (χ2n) is 3.13. The zero-order chi connectivity index (χ0) is 6.91. The van der Waals surface area contributed by atoms with Gasteiger partial charge in [-0.2, -0.15) is 0 Å². The molecule has 1 aliphatic heterocycles. The summed E-state index contributed by atoms with van der Waals surface area (Å²) >= 11 is 4.18. The van der Waals surface area contributed by atoms with Crippen LogP contribution in [-0.4, -0.2) is 15.6 Å². The maximum Gasteiger partial charge on any atom is 0.0555 e. The summed E-state index contributed by atoms with van der Waals surface area (Å²) in [6, 6.07) is 0. The summed E-state index contributed by atoms with van der Waals surface area (Å²) < 4.78 is 0.493. The zero-order valence-corrected chi connectivity index (χ0v) is 7.94. The highest BCUT2D eigenvalue weighted by Gasteiger charge is 2.25. The van der Waals surface area contributed by atoms with Gasteiger partial charge in [0.05, 0.1) is 4.08 Å². The van der Waals surface area contributed by atoms with E-state index in [1.54, 1.807) is 0 Å². The lowest BCUT2D eigenvalue weighted by atomic mass is 10.3. The molecule has 1 heterocycles. The van der Waals surface area contributed by atoms with Crippen molar-refractivity contribution < 1.29 is 0 Å². The molecule has 1 rings (SSSR count). The molecule has 1 fully saturated rings. The molecule has 0 unspecified atom stereocenters. The Bertz CT molecular complexity index is 89.1. The first-order chi connectivity index (χ1) is 4.10. The molecule has 0 aromatic carbocycles. The molecule has 54 valence electrons. The minimum atomic E-state index is 0.493. The molecule has 0 aromatic rings. The first kappa shape index (κ1) is 7.80. The fraction of sp³-hybridized carbons (Fsp3) is 1.00. The van der Waals surface area contributed by atoms with Crippen molar-refractivity contribution in [1.82, 2.24) is 0 Å². The van der Waals surface area contributed by atoms with Crippen molar-refractivity contribution in [2.75, 3.05) is 11.5 Å². The first-order valence-corrected chi connectivity index (χ1v) is 5.35. The predicted molar refractivity (Wildman–Crippen MR) is 48.2 cm³/mol. The van der Waals surface area contributed by atoms with Gasteiger partial charge in [-0.25, -0.2) is 0 Å². The van der Waals surface area contributed by atoms with E-state index in [1.165, 1.54) is 11.5 Å². The Morgan fingerprint density at radius 2 is 1.67 bits per heavy atom. The molecule has 1 saturated heterocycles. The summed E-state index contributed by atoms with van der Waals surface area (Å²) in [7, 11) is 0. The molecule has 0 spiro atoms. The van der Waals surface area contributed by atoms with Gasteiger partial charge in [-0.15, -0.1) is 23.5 Å². The van der Waals surface area contributed by atoms with Crippen LogP contribution in [0.2, 0.25) is 0 Å². The molecular formula is C7H14S2. The summed E-state index contributed by atoms with van der Waals surface area (Å²) in [6.45, 7) is 6.96. The minimum absolute atomic E-state index is 0.493. The molecule has 0 atom stereocenters. The fourth-order valence-corrected chi connectivity index (χ4v) is 3.27. The van der Waals surface area contributed by atoms with Crippen LogP contribution in [-0.2, 0) is 0 Å². The van der Waals surface area contributed by atoms with Gasteiger partial charge < -0.3 is 0 Å². The van der Waals surface area contributed by atoms with Crippen LogP contribution in [0.4, 0.5) is 0 Å². The molecule has 0 aliphatic carbocycles. The quantitative estimate of drug-likeness (QED) is 0.537. The van der Waals surface area contributed by atoms with E-state index in [0.29, 0.717) is 4.08 Å². The number of hydrogen-bond acceptors (Lipinski definition) is 2. The average molecular weight is 162 g/mol. The van der Waals surface area contributed by atoms with Crippen LogP contribution in [0, 0.1) is 5.92 Å². The van der Waals surface area contributed by atoms with E-state index < -0.39 is 0 Å². The third-order valence-electron chi connectivity index (χ3n) is 1.43. The predicted octanol–water partition coefficient (Wildman–Crippen LogP) is 2.84. The van der Waals surface area contributed by atoms with Crippen LogP contribution in [0.5, 0.6) is 0 Å².